The van der Waals surface area contributed by atoms with E-state index in [9.17, 15) is 9.59 Å². The maximum absolute atomic E-state index is 13.1. The molecule has 0 aliphatic rings. The summed E-state index contributed by atoms with van der Waals surface area (Å²) in [5, 5.41) is 7.92. The first kappa shape index (κ1) is 21.9. The van der Waals surface area contributed by atoms with Crippen molar-refractivity contribution < 1.29 is 9.21 Å². The molecule has 1 amide bonds. The van der Waals surface area contributed by atoms with Crippen molar-refractivity contribution in [1.82, 2.24) is 19.2 Å². The summed E-state index contributed by atoms with van der Waals surface area (Å²) in [4.78, 5) is 27.3. The molecule has 4 rings (SSSR count). The van der Waals surface area contributed by atoms with Crippen molar-refractivity contribution in [2.75, 3.05) is 26.0 Å². The van der Waals surface area contributed by atoms with Crippen LogP contribution < -0.4 is 11.1 Å². The number of amides is 1. The fraction of sp³-hybridized carbons (Fsp3) is 0.261. The van der Waals surface area contributed by atoms with E-state index in [1.807, 2.05) is 38.1 Å². The number of nitrogens with zero attached hydrogens (tertiary/aromatic N) is 4. The number of carbonyl (C=O) groups excluding carboxylic acids is 1. The predicted octanol–water partition coefficient (Wildman–Crippen LogP) is 3.81. The van der Waals surface area contributed by atoms with Gasteiger partial charge < -0.3 is 14.6 Å². The van der Waals surface area contributed by atoms with Gasteiger partial charge in [-0.3, -0.25) is 9.36 Å². The molecule has 2 aromatic carbocycles. The zero-order valence-corrected chi connectivity index (χ0v) is 18.9. The number of likely N-dealkylation sites (N-methyl/N-ethyl adjacent to an activating group) is 1. The number of benzene rings is 2. The first-order valence-corrected chi connectivity index (χ1v) is 10.7. The van der Waals surface area contributed by atoms with Crippen LogP contribution in [0.1, 0.15) is 23.0 Å². The third-order valence-corrected chi connectivity index (χ3v) is 5.43. The molecule has 0 atom stereocenters. The van der Waals surface area contributed by atoms with Gasteiger partial charge >= 0.3 is 5.76 Å². The van der Waals surface area contributed by atoms with E-state index in [1.165, 1.54) is 0 Å². The Kier molecular flexibility index (Phi) is 6.16. The first-order chi connectivity index (χ1) is 15.4. The largest absolute Gasteiger partial charge is 0.419 e. The molecule has 8 nitrogen and oxygen atoms in total. The van der Waals surface area contributed by atoms with Crippen molar-refractivity contribution in [3.63, 3.8) is 0 Å². The second-order valence-corrected chi connectivity index (χ2v) is 8.15. The highest BCUT2D eigenvalue weighted by Crippen LogP contribution is 2.22. The van der Waals surface area contributed by atoms with Gasteiger partial charge in [0.1, 0.15) is 0 Å². The van der Waals surface area contributed by atoms with Crippen molar-refractivity contribution >= 4 is 34.3 Å². The summed E-state index contributed by atoms with van der Waals surface area (Å²) in [6.07, 6.45) is 2.17. The Labute approximate surface area is 190 Å². The van der Waals surface area contributed by atoms with Gasteiger partial charge in [0, 0.05) is 23.8 Å². The number of aromatic nitrogens is 3. The molecule has 2 aromatic heterocycles. The summed E-state index contributed by atoms with van der Waals surface area (Å²) >= 11 is 6.11. The van der Waals surface area contributed by atoms with E-state index in [-0.39, 0.29) is 5.91 Å². The second-order valence-electron chi connectivity index (χ2n) is 7.71. The van der Waals surface area contributed by atoms with Crippen LogP contribution in [0, 0.1) is 0 Å². The average molecular weight is 454 g/mol. The van der Waals surface area contributed by atoms with Gasteiger partial charge in [0.05, 0.1) is 28.7 Å². The van der Waals surface area contributed by atoms with Crippen molar-refractivity contribution in [3.8, 4) is 5.69 Å². The molecule has 0 spiro atoms. The van der Waals surface area contributed by atoms with Crippen molar-refractivity contribution in [2.45, 2.75) is 19.9 Å². The lowest BCUT2D eigenvalue weighted by Gasteiger charge is -2.10. The number of hydrogen-bond acceptors (Lipinski definition) is 5. The van der Waals surface area contributed by atoms with Gasteiger partial charge in [-0.1, -0.05) is 24.6 Å². The molecular weight excluding hydrogens is 430 g/mol. The number of anilines is 1. The van der Waals surface area contributed by atoms with Gasteiger partial charge in [0.2, 0.25) is 0 Å². The van der Waals surface area contributed by atoms with Crippen LogP contribution in [0.2, 0.25) is 5.02 Å². The predicted molar refractivity (Wildman–Crippen MR) is 125 cm³/mol. The monoisotopic (exact) mass is 453 g/mol. The zero-order chi connectivity index (χ0) is 22.8. The lowest BCUT2D eigenvalue weighted by molar-refractivity contribution is 0.102. The normalized spacial score (nSPS) is 11.4. The lowest BCUT2D eigenvalue weighted by atomic mass is 10.1. The number of carbonyl (C=O) groups is 1. The highest BCUT2D eigenvalue weighted by Gasteiger charge is 2.18. The van der Waals surface area contributed by atoms with Crippen molar-refractivity contribution in [3.05, 3.63) is 75.5 Å². The standard InChI is InChI=1S/C23H24ClN5O3/c1-4-19-18(14-25-29(19)17-7-5-6-15(24)12-17)22(30)26-16-8-9-21-20(13-16)28(23(31)32-21)11-10-27(2)3/h5-9,12-14H,4,10-11H2,1-3H3,(H,26,30). The molecular formula is C23H24ClN5O3. The summed E-state index contributed by atoms with van der Waals surface area (Å²) in [6, 6.07) is 12.5. The van der Waals surface area contributed by atoms with Gasteiger partial charge in [-0.25, -0.2) is 9.48 Å². The molecule has 166 valence electrons. The van der Waals surface area contributed by atoms with Gasteiger partial charge in [-0.05, 0) is 56.9 Å². The summed E-state index contributed by atoms with van der Waals surface area (Å²) in [7, 11) is 3.88. The Hall–Kier alpha value is -3.36. The summed E-state index contributed by atoms with van der Waals surface area (Å²) in [6.45, 7) is 3.14. The van der Waals surface area contributed by atoms with E-state index in [0.29, 0.717) is 46.9 Å². The SMILES string of the molecule is CCc1c(C(=O)Nc2ccc3oc(=O)n(CCN(C)C)c3c2)cnn1-c1cccc(Cl)c1. The molecule has 0 saturated carbocycles. The summed E-state index contributed by atoms with van der Waals surface area (Å²) in [5.41, 5.74) is 3.73. The number of oxazole rings is 1. The minimum Gasteiger partial charge on any atom is -0.408 e. The average Bonchev–Trinajstić information content (AvgIpc) is 3.32. The molecule has 4 aromatic rings. The highest BCUT2D eigenvalue weighted by molar-refractivity contribution is 6.30. The van der Waals surface area contributed by atoms with E-state index >= 15 is 0 Å². The van der Waals surface area contributed by atoms with Crippen molar-refractivity contribution in [1.29, 1.82) is 0 Å². The maximum Gasteiger partial charge on any atom is 0.419 e. The van der Waals surface area contributed by atoms with Crippen LogP contribution in [0.3, 0.4) is 0 Å². The Balaban J connectivity index is 1.63. The maximum atomic E-state index is 13.1. The number of rotatable bonds is 7. The van der Waals surface area contributed by atoms with Crippen LogP contribution >= 0.6 is 11.6 Å². The lowest BCUT2D eigenvalue weighted by Crippen LogP contribution is -2.23. The van der Waals surface area contributed by atoms with Gasteiger partial charge in [0.15, 0.2) is 5.58 Å². The van der Waals surface area contributed by atoms with Crippen LogP contribution in [0.5, 0.6) is 0 Å². The highest BCUT2D eigenvalue weighted by atomic mass is 35.5. The number of nitrogens with one attached hydrogen (secondary N) is 1. The smallest absolute Gasteiger partial charge is 0.408 e. The third kappa shape index (κ3) is 4.32. The molecule has 0 unspecified atom stereocenters. The molecule has 9 heteroatoms. The minimum absolute atomic E-state index is 0.278. The van der Waals surface area contributed by atoms with E-state index in [4.69, 9.17) is 16.0 Å². The Bertz CT molecular complexity index is 1340. The quantitative estimate of drug-likeness (QED) is 0.460. The molecule has 0 aliphatic heterocycles. The van der Waals surface area contributed by atoms with Gasteiger partial charge in [-0.15, -0.1) is 0 Å². The summed E-state index contributed by atoms with van der Waals surface area (Å²) in [5.74, 6) is -0.693. The number of hydrogen-bond donors (Lipinski definition) is 1. The Morgan fingerprint density at radius 3 is 2.75 bits per heavy atom. The Morgan fingerprint density at radius 1 is 1.22 bits per heavy atom. The molecule has 0 radical (unpaired) electrons. The Morgan fingerprint density at radius 2 is 2.03 bits per heavy atom. The first-order valence-electron chi connectivity index (χ1n) is 10.3. The third-order valence-electron chi connectivity index (χ3n) is 5.20. The molecule has 0 saturated heterocycles. The van der Waals surface area contributed by atoms with Crippen LogP contribution in [0.25, 0.3) is 16.8 Å². The van der Waals surface area contributed by atoms with E-state index in [0.717, 1.165) is 11.4 Å². The van der Waals surface area contributed by atoms with Crippen LogP contribution in [0.15, 0.2) is 57.9 Å². The van der Waals surface area contributed by atoms with Gasteiger partial charge in [-0.2, -0.15) is 5.10 Å². The number of halogens is 1. The van der Waals surface area contributed by atoms with Crippen LogP contribution in [-0.2, 0) is 13.0 Å². The molecule has 32 heavy (non-hydrogen) atoms. The fourth-order valence-corrected chi connectivity index (χ4v) is 3.77. The fourth-order valence-electron chi connectivity index (χ4n) is 3.58. The molecule has 2 heterocycles. The minimum atomic E-state index is -0.415. The summed E-state index contributed by atoms with van der Waals surface area (Å²) < 4.78 is 8.62. The van der Waals surface area contributed by atoms with E-state index in [2.05, 4.69) is 10.4 Å². The van der Waals surface area contributed by atoms with E-state index < -0.39 is 5.76 Å². The van der Waals surface area contributed by atoms with Crippen molar-refractivity contribution in [2.24, 2.45) is 0 Å². The molecule has 1 N–H and O–H groups in total. The molecule has 0 bridgehead atoms. The van der Waals surface area contributed by atoms with Crippen LogP contribution in [-0.4, -0.2) is 45.8 Å². The van der Waals surface area contributed by atoms with Gasteiger partial charge in [0.25, 0.3) is 5.91 Å². The topological polar surface area (TPSA) is 85.3 Å². The van der Waals surface area contributed by atoms with Crippen LogP contribution in [0.4, 0.5) is 5.69 Å². The zero-order valence-electron chi connectivity index (χ0n) is 18.1. The number of fused-ring (bicyclic) bond motifs is 1. The van der Waals surface area contributed by atoms with E-state index in [1.54, 1.807) is 45.8 Å². The molecule has 0 aliphatic carbocycles. The second kappa shape index (κ2) is 9.02. The molecule has 0 fully saturated rings.